The minimum absolute atomic E-state index is 0.550. The van der Waals surface area contributed by atoms with Gasteiger partial charge in [-0.05, 0) is 25.5 Å². The Morgan fingerprint density at radius 3 is 3.00 bits per heavy atom. The van der Waals surface area contributed by atoms with Gasteiger partial charge in [0.25, 0.3) is 0 Å². The zero-order chi connectivity index (χ0) is 6.69. The van der Waals surface area contributed by atoms with Crippen molar-refractivity contribution >= 4 is 9.03 Å². The summed E-state index contributed by atoms with van der Waals surface area (Å²) in [5, 5.41) is 0. The summed E-state index contributed by atoms with van der Waals surface area (Å²) in [6.07, 6.45) is 3.52. The van der Waals surface area contributed by atoms with Gasteiger partial charge in [0.05, 0.1) is 6.26 Å². The van der Waals surface area contributed by atoms with Crippen molar-refractivity contribution in [3.05, 3.63) is 23.7 Å². The van der Waals surface area contributed by atoms with Crippen LogP contribution in [-0.2, 0) is 9.05 Å². The molecule has 0 atom stereocenters. The van der Waals surface area contributed by atoms with Crippen LogP contribution in [0.1, 0.15) is 13.8 Å². The molecule has 3 heteroatoms. The molecule has 2 nitrogen and oxygen atoms in total. The van der Waals surface area contributed by atoms with E-state index in [4.69, 9.17) is 9.05 Å². The molecule has 1 heterocycles. The van der Waals surface area contributed by atoms with Gasteiger partial charge in [-0.2, -0.15) is 0 Å². The highest BCUT2D eigenvalue weighted by Gasteiger charge is 1.99. The van der Waals surface area contributed by atoms with Gasteiger partial charge in [0, 0.05) is 0 Å². The molecule has 0 saturated heterocycles. The lowest BCUT2D eigenvalue weighted by molar-refractivity contribution is 0.406. The predicted molar refractivity (Wildman–Crippen MR) is 36.6 cm³/mol. The Labute approximate surface area is 56.5 Å². The van der Waals surface area contributed by atoms with Crippen LogP contribution in [-0.4, -0.2) is 0 Å². The van der Waals surface area contributed by atoms with Crippen molar-refractivity contribution in [1.82, 2.24) is 0 Å². The second-order valence-electron chi connectivity index (χ2n) is 1.81. The molecule has 0 saturated carbocycles. The van der Waals surface area contributed by atoms with Crippen molar-refractivity contribution in [2.24, 2.45) is 0 Å². The Kier molecular flexibility index (Phi) is 2.12. The third-order valence-electron chi connectivity index (χ3n) is 1.15. The Morgan fingerprint density at radius 2 is 2.22 bits per heavy atom. The molecular formula is C6H8O2P. The maximum Gasteiger partial charge on any atom is 0.404 e. The molecule has 0 unspecified atom stereocenters. The summed E-state index contributed by atoms with van der Waals surface area (Å²) in [5.74, 6) is 0.922. The molecule has 1 rings (SSSR count). The van der Waals surface area contributed by atoms with E-state index in [9.17, 15) is 0 Å². The van der Waals surface area contributed by atoms with Gasteiger partial charge >= 0.3 is 9.03 Å². The van der Waals surface area contributed by atoms with Crippen LogP contribution in [0, 0.1) is 0 Å². The van der Waals surface area contributed by atoms with Crippen molar-refractivity contribution in [3.8, 4) is 0 Å². The van der Waals surface area contributed by atoms with Gasteiger partial charge in [0.1, 0.15) is 5.76 Å². The molecule has 0 amide bonds. The Balaban J connectivity index is 2.72. The van der Waals surface area contributed by atoms with E-state index in [1.807, 2.05) is 19.9 Å². The van der Waals surface area contributed by atoms with Gasteiger partial charge in [-0.1, -0.05) is 0 Å². The van der Waals surface area contributed by atoms with Crippen LogP contribution in [0.5, 0.6) is 0 Å². The molecule has 0 N–H and O–H groups in total. The Bertz CT molecular complexity index is 160. The van der Waals surface area contributed by atoms with Crippen LogP contribution in [0.25, 0.3) is 0 Å². The molecule has 49 valence electrons. The molecule has 1 aliphatic rings. The third kappa shape index (κ3) is 1.72. The van der Waals surface area contributed by atoms with Gasteiger partial charge in [0.15, 0.2) is 0 Å². The fourth-order valence-electron chi connectivity index (χ4n) is 0.424. The van der Waals surface area contributed by atoms with E-state index >= 15 is 0 Å². The van der Waals surface area contributed by atoms with Crippen LogP contribution < -0.4 is 0 Å². The van der Waals surface area contributed by atoms with Gasteiger partial charge in [-0.3, -0.25) is 0 Å². The molecule has 0 bridgehead atoms. The number of hydrogen-bond acceptors (Lipinski definition) is 2. The SMILES string of the molecule is CC1=C(C)O[P]OC=C1. The van der Waals surface area contributed by atoms with Crippen LogP contribution in [0.3, 0.4) is 0 Å². The normalized spacial score (nSPS) is 21.1. The van der Waals surface area contributed by atoms with E-state index in [1.54, 1.807) is 6.26 Å². The van der Waals surface area contributed by atoms with Crippen molar-refractivity contribution < 1.29 is 9.05 Å². The summed E-state index contributed by atoms with van der Waals surface area (Å²) in [5.41, 5.74) is 1.11. The van der Waals surface area contributed by atoms with Crippen LogP contribution >= 0.6 is 9.03 Å². The molecule has 0 spiro atoms. The minimum Gasteiger partial charge on any atom is -0.439 e. The summed E-state index contributed by atoms with van der Waals surface area (Å²) < 4.78 is 9.95. The number of hydrogen-bond donors (Lipinski definition) is 0. The molecule has 0 aromatic rings. The zero-order valence-corrected chi connectivity index (χ0v) is 6.31. The van der Waals surface area contributed by atoms with Crippen molar-refractivity contribution in [2.45, 2.75) is 13.8 Å². The summed E-state index contributed by atoms with van der Waals surface area (Å²) in [6, 6.07) is 0. The van der Waals surface area contributed by atoms with Gasteiger partial charge in [-0.25, -0.2) is 0 Å². The predicted octanol–water partition coefficient (Wildman–Crippen LogP) is 2.62. The molecule has 0 fully saturated rings. The second kappa shape index (κ2) is 2.88. The molecular weight excluding hydrogens is 135 g/mol. The van der Waals surface area contributed by atoms with Crippen LogP contribution in [0.15, 0.2) is 23.7 Å². The van der Waals surface area contributed by atoms with Crippen LogP contribution in [0.2, 0.25) is 0 Å². The van der Waals surface area contributed by atoms with E-state index < -0.39 is 0 Å². The van der Waals surface area contributed by atoms with E-state index in [2.05, 4.69) is 0 Å². The summed E-state index contributed by atoms with van der Waals surface area (Å²) >= 11 is 0. The van der Waals surface area contributed by atoms with Crippen molar-refractivity contribution in [1.29, 1.82) is 0 Å². The zero-order valence-electron chi connectivity index (χ0n) is 5.42. The highest BCUT2D eigenvalue weighted by Crippen LogP contribution is 2.24. The van der Waals surface area contributed by atoms with Crippen molar-refractivity contribution in [2.75, 3.05) is 0 Å². The van der Waals surface area contributed by atoms with Gasteiger partial charge < -0.3 is 9.05 Å². The lowest BCUT2D eigenvalue weighted by atomic mass is 10.3. The van der Waals surface area contributed by atoms with Crippen molar-refractivity contribution in [3.63, 3.8) is 0 Å². The quantitative estimate of drug-likeness (QED) is 0.485. The first-order chi connectivity index (χ1) is 4.30. The molecule has 9 heavy (non-hydrogen) atoms. The van der Waals surface area contributed by atoms with Gasteiger partial charge in [0.2, 0.25) is 0 Å². The molecule has 1 aliphatic heterocycles. The fourth-order valence-corrected chi connectivity index (χ4v) is 0.833. The molecule has 1 radical (unpaired) electrons. The number of rotatable bonds is 0. The number of allylic oxidation sites excluding steroid dienone is 3. The molecule has 0 aromatic heterocycles. The standard InChI is InChI=1S/C6H8O2P/c1-5-3-4-7-9-8-6(5)2/h3-4H,1-2H3. The Morgan fingerprint density at radius 1 is 1.44 bits per heavy atom. The van der Waals surface area contributed by atoms with Crippen LogP contribution in [0.4, 0.5) is 0 Å². The molecule has 0 aliphatic carbocycles. The van der Waals surface area contributed by atoms with E-state index in [1.165, 1.54) is 0 Å². The summed E-state index contributed by atoms with van der Waals surface area (Å²) in [4.78, 5) is 0. The smallest absolute Gasteiger partial charge is 0.404 e. The highest BCUT2D eigenvalue weighted by molar-refractivity contribution is 7.26. The highest BCUT2D eigenvalue weighted by atomic mass is 31.1. The second-order valence-corrected chi connectivity index (χ2v) is 2.36. The Hall–Kier alpha value is -0.490. The minimum atomic E-state index is 0.550. The fraction of sp³-hybridized carbons (Fsp3) is 0.333. The first-order valence-electron chi connectivity index (χ1n) is 2.68. The first-order valence-corrected chi connectivity index (χ1v) is 3.41. The average Bonchev–Trinajstić information content (AvgIpc) is 1.99. The monoisotopic (exact) mass is 143 g/mol. The third-order valence-corrected chi connectivity index (χ3v) is 1.71. The van der Waals surface area contributed by atoms with E-state index in [0.29, 0.717) is 9.03 Å². The largest absolute Gasteiger partial charge is 0.439 e. The molecule has 0 aromatic carbocycles. The summed E-state index contributed by atoms with van der Waals surface area (Å²) in [7, 11) is 0.550. The lowest BCUT2D eigenvalue weighted by Gasteiger charge is -1.98. The van der Waals surface area contributed by atoms with E-state index in [0.717, 1.165) is 11.3 Å². The maximum absolute atomic E-state index is 5.08. The maximum atomic E-state index is 5.08. The first kappa shape index (κ1) is 6.63. The lowest BCUT2D eigenvalue weighted by Crippen LogP contribution is -1.77. The summed E-state index contributed by atoms with van der Waals surface area (Å²) in [6.45, 7) is 3.90. The van der Waals surface area contributed by atoms with E-state index in [-0.39, 0.29) is 0 Å². The average molecular weight is 143 g/mol. The van der Waals surface area contributed by atoms with Gasteiger partial charge in [-0.15, -0.1) is 0 Å². The topological polar surface area (TPSA) is 18.5 Å².